The van der Waals surface area contributed by atoms with Gasteiger partial charge in [-0.1, -0.05) is 12.1 Å². The largest absolute Gasteiger partial charge is 0.394 e. The number of nitrogens with zero attached hydrogens (tertiary/aromatic N) is 2. The molecule has 6 nitrogen and oxygen atoms in total. The lowest BCUT2D eigenvalue weighted by atomic mass is 9.77. The maximum atomic E-state index is 12.2. The summed E-state index contributed by atoms with van der Waals surface area (Å²) >= 11 is 0. The molecule has 3 N–H and O–H groups in total. The van der Waals surface area contributed by atoms with Crippen molar-refractivity contribution >= 4 is 11.7 Å². The van der Waals surface area contributed by atoms with E-state index < -0.39 is 5.54 Å². The molecule has 2 amide bonds. The van der Waals surface area contributed by atoms with Crippen LogP contribution in [0.25, 0.3) is 5.69 Å². The van der Waals surface area contributed by atoms with Gasteiger partial charge in [0.25, 0.3) is 0 Å². The number of aliphatic hydroxyl groups excluding tert-OH is 1. The molecule has 0 radical (unpaired) electrons. The minimum atomic E-state index is -0.457. The maximum absolute atomic E-state index is 12.2. The van der Waals surface area contributed by atoms with E-state index in [0.29, 0.717) is 5.69 Å². The lowest BCUT2D eigenvalue weighted by Gasteiger charge is -2.40. The van der Waals surface area contributed by atoms with Crippen LogP contribution in [0.4, 0.5) is 10.5 Å². The summed E-state index contributed by atoms with van der Waals surface area (Å²) in [5.74, 6) is 0. The number of benzene rings is 1. The van der Waals surface area contributed by atoms with Crippen molar-refractivity contribution in [3.63, 3.8) is 0 Å². The zero-order valence-corrected chi connectivity index (χ0v) is 14.4. The predicted molar refractivity (Wildman–Crippen MR) is 93.6 cm³/mol. The van der Waals surface area contributed by atoms with E-state index in [9.17, 15) is 9.90 Å². The Morgan fingerprint density at radius 3 is 2.71 bits per heavy atom. The van der Waals surface area contributed by atoms with Crippen LogP contribution in [0.2, 0.25) is 0 Å². The minimum absolute atomic E-state index is 0.0266. The van der Waals surface area contributed by atoms with E-state index in [2.05, 4.69) is 33.9 Å². The highest BCUT2D eigenvalue weighted by molar-refractivity contribution is 5.90. The topological polar surface area (TPSA) is 79.2 Å². The van der Waals surface area contributed by atoms with Crippen molar-refractivity contribution in [3.05, 3.63) is 41.2 Å². The Labute approximate surface area is 141 Å². The van der Waals surface area contributed by atoms with Gasteiger partial charge in [-0.05, 0) is 57.2 Å². The molecule has 6 heteroatoms. The van der Waals surface area contributed by atoms with Crippen LogP contribution in [-0.4, -0.2) is 33.1 Å². The number of anilines is 1. The summed E-state index contributed by atoms with van der Waals surface area (Å²) in [6, 6.07) is 5.91. The third-order valence-corrected chi connectivity index (χ3v) is 4.84. The molecular formula is C18H24N4O2. The molecule has 128 valence electrons. The molecule has 0 saturated heterocycles. The van der Waals surface area contributed by atoms with Crippen molar-refractivity contribution in [1.29, 1.82) is 0 Å². The van der Waals surface area contributed by atoms with E-state index in [0.717, 1.165) is 41.8 Å². The molecular weight excluding hydrogens is 304 g/mol. The molecule has 1 saturated carbocycles. The minimum Gasteiger partial charge on any atom is -0.394 e. The molecule has 0 aliphatic heterocycles. The fourth-order valence-corrected chi connectivity index (χ4v) is 3.04. The Bertz CT molecular complexity index is 757. The van der Waals surface area contributed by atoms with Gasteiger partial charge in [0.05, 0.1) is 35.4 Å². The van der Waals surface area contributed by atoms with Crippen LogP contribution in [0.3, 0.4) is 0 Å². The number of hydrogen-bond donors (Lipinski definition) is 3. The van der Waals surface area contributed by atoms with Crippen molar-refractivity contribution in [2.45, 2.75) is 45.6 Å². The molecule has 1 fully saturated rings. The highest BCUT2D eigenvalue weighted by Gasteiger charge is 2.37. The first-order valence-corrected chi connectivity index (χ1v) is 8.26. The average molecular weight is 328 g/mol. The third-order valence-electron chi connectivity index (χ3n) is 4.84. The number of carbonyl (C=O) groups excluding carboxylic acids is 1. The van der Waals surface area contributed by atoms with Gasteiger partial charge in [0, 0.05) is 0 Å². The molecule has 3 rings (SSSR count). The Morgan fingerprint density at radius 1 is 1.33 bits per heavy atom. The first-order chi connectivity index (χ1) is 11.4. The van der Waals surface area contributed by atoms with E-state index in [1.165, 1.54) is 0 Å². The van der Waals surface area contributed by atoms with Gasteiger partial charge in [-0.2, -0.15) is 5.10 Å². The number of nitrogens with one attached hydrogen (secondary N) is 2. The van der Waals surface area contributed by atoms with Crippen molar-refractivity contribution in [2.24, 2.45) is 0 Å². The van der Waals surface area contributed by atoms with Gasteiger partial charge < -0.3 is 15.7 Å². The summed E-state index contributed by atoms with van der Waals surface area (Å²) in [6.45, 7) is 5.98. The SMILES string of the molecule is Cc1ccc(C)c(-n2ncc(NC(=O)NC3(CO)CCC3)c2C)c1. The molecule has 0 atom stereocenters. The molecule has 1 aliphatic rings. The van der Waals surface area contributed by atoms with Gasteiger partial charge >= 0.3 is 6.03 Å². The van der Waals surface area contributed by atoms with Crippen LogP contribution >= 0.6 is 0 Å². The summed E-state index contributed by atoms with van der Waals surface area (Å²) < 4.78 is 1.84. The van der Waals surface area contributed by atoms with Gasteiger partial charge in [-0.25, -0.2) is 9.48 Å². The van der Waals surface area contributed by atoms with Crippen LogP contribution in [0.15, 0.2) is 24.4 Å². The van der Waals surface area contributed by atoms with E-state index in [1.54, 1.807) is 6.20 Å². The van der Waals surface area contributed by atoms with Gasteiger partial charge in [-0.15, -0.1) is 0 Å². The zero-order valence-electron chi connectivity index (χ0n) is 14.4. The highest BCUT2D eigenvalue weighted by atomic mass is 16.3. The molecule has 0 bridgehead atoms. The highest BCUT2D eigenvalue weighted by Crippen LogP contribution is 2.31. The summed E-state index contributed by atoms with van der Waals surface area (Å²) in [4.78, 5) is 12.2. The Hall–Kier alpha value is -2.34. The van der Waals surface area contributed by atoms with Crippen molar-refractivity contribution in [3.8, 4) is 5.69 Å². The molecule has 1 heterocycles. The first-order valence-electron chi connectivity index (χ1n) is 8.26. The fourth-order valence-electron chi connectivity index (χ4n) is 3.04. The Kier molecular flexibility index (Phi) is 4.32. The van der Waals surface area contributed by atoms with Gasteiger partial charge in [0.15, 0.2) is 0 Å². The summed E-state index contributed by atoms with van der Waals surface area (Å²) in [7, 11) is 0. The smallest absolute Gasteiger partial charge is 0.319 e. The van der Waals surface area contributed by atoms with Gasteiger partial charge in [-0.3, -0.25) is 0 Å². The predicted octanol–water partition coefficient (Wildman–Crippen LogP) is 2.83. The summed E-state index contributed by atoms with van der Waals surface area (Å²) in [5, 5.41) is 19.6. The first kappa shape index (κ1) is 16.5. The number of rotatable bonds is 4. The number of aryl methyl sites for hydroxylation is 2. The van der Waals surface area contributed by atoms with Crippen molar-refractivity contribution in [1.82, 2.24) is 15.1 Å². The quantitative estimate of drug-likeness (QED) is 0.807. The van der Waals surface area contributed by atoms with E-state index in [1.807, 2.05) is 25.5 Å². The number of aliphatic hydroxyl groups is 1. The van der Waals surface area contributed by atoms with Crippen molar-refractivity contribution < 1.29 is 9.90 Å². The zero-order chi connectivity index (χ0) is 17.3. The molecule has 1 aromatic heterocycles. The molecule has 1 aliphatic carbocycles. The molecule has 0 unspecified atom stereocenters. The lowest BCUT2D eigenvalue weighted by molar-refractivity contribution is 0.0984. The average Bonchev–Trinajstić information content (AvgIpc) is 2.86. The van der Waals surface area contributed by atoms with Crippen molar-refractivity contribution in [2.75, 3.05) is 11.9 Å². The van der Waals surface area contributed by atoms with Crippen LogP contribution in [0, 0.1) is 20.8 Å². The van der Waals surface area contributed by atoms with Gasteiger partial charge in [0.1, 0.15) is 0 Å². The second-order valence-corrected chi connectivity index (χ2v) is 6.72. The Morgan fingerprint density at radius 2 is 2.08 bits per heavy atom. The molecule has 1 aromatic carbocycles. The van der Waals surface area contributed by atoms with E-state index >= 15 is 0 Å². The van der Waals surface area contributed by atoms with Crippen LogP contribution in [0.5, 0.6) is 0 Å². The number of amides is 2. The maximum Gasteiger partial charge on any atom is 0.319 e. The number of carbonyl (C=O) groups is 1. The number of urea groups is 1. The normalized spacial score (nSPS) is 15.7. The number of hydrogen-bond acceptors (Lipinski definition) is 3. The molecule has 0 spiro atoms. The standard InChI is InChI=1S/C18H24N4O2/c1-12-5-6-13(2)16(9-12)22-14(3)15(10-19-22)20-17(24)21-18(11-23)7-4-8-18/h5-6,9-10,23H,4,7-8,11H2,1-3H3,(H2,20,21,24). The number of aromatic nitrogens is 2. The molecule has 2 aromatic rings. The lowest BCUT2D eigenvalue weighted by Crippen LogP contribution is -2.57. The Balaban J connectivity index is 1.78. The second kappa shape index (κ2) is 6.28. The molecule has 24 heavy (non-hydrogen) atoms. The van der Waals surface area contributed by atoms with Crippen LogP contribution < -0.4 is 10.6 Å². The monoisotopic (exact) mass is 328 g/mol. The third kappa shape index (κ3) is 3.01. The summed E-state index contributed by atoms with van der Waals surface area (Å²) in [6.07, 6.45) is 4.32. The van der Waals surface area contributed by atoms with Crippen LogP contribution in [-0.2, 0) is 0 Å². The summed E-state index contributed by atoms with van der Waals surface area (Å²) in [5.41, 5.74) is 4.36. The van der Waals surface area contributed by atoms with E-state index in [-0.39, 0.29) is 12.6 Å². The van der Waals surface area contributed by atoms with Crippen LogP contribution in [0.1, 0.15) is 36.1 Å². The van der Waals surface area contributed by atoms with E-state index in [4.69, 9.17) is 0 Å². The van der Waals surface area contributed by atoms with Gasteiger partial charge in [0.2, 0.25) is 0 Å². The fraction of sp³-hybridized carbons (Fsp3) is 0.444. The second-order valence-electron chi connectivity index (χ2n) is 6.72.